The van der Waals surface area contributed by atoms with Gasteiger partial charge in [-0.2, -0.15) is 0 Å². The van der Waals surface area contributed by atoms with Crippen LogP contribution in [0.3, 0.4) is 0 Å². The van der Waals surface area contributed by atoms with Gasteiger partial charge in [-0.25, -0.2) is 0 Å². The van der Waals surface area contributed by atoms with Crippen molar-refractivity contribution in [3.63, 3.8) is 0 Å². The molecule has 5 nitrogen and oxygen atoms in total. The fourth-order valence-corrected chi connectivity index (χ4v) is 2.04. The lowest BCUT2D eigenvalue weighted by atomic mass is 10.1. The van der Waals surface area contributed by atoms with E-state index in [1.807, 2.05) is 0 Å². The number of aliphatic hydroxyl groups excluding tert-OH is 1. The van der Waals surface area contributed by atoms with Crippen LogP contribution in [0.5, 0.6) is 5.75 Å². The van der Waals surface area contributed by atoms with Gasteiger partial charge in [0.1, 0.15) is 5.75 Å². The lowest BCUT2D eigenvalue weighted by Gasteiger charge is -2.22. The minimum absolute atomic E-state index is 0.0812. The summed E-state index contributed by atoms with van der Waals surface area (Å²) >= 11 is 5.94. The first-order valence-corrected chi connectivity index (χ1v) is 6.70. The molecule has 0 radical (unpaired) electrons. The molecule has 0 fully saturated rings. The number of nitrogens with zero attached hydrogens (tertiary/aromatic N) is 1. The summed E-state index contributed by atoms with van der Waals surface area (Å²) in [6.07, 6.45) is 0.174. The monoisotopic (exact) mass is 301 g/mol. The molecule has 1 rings (SSSR count). The van der Waals surface area contributed by atoms with Crippen LogP contribution in [-0.2, 0) is 16.0 Å². The fourth-order valence-electron chi connectivity index (χ4n) is 1.84. The van der Waals surface area contributed by atoms with Crippen molar-refractivity contribution < 1.29 is 19.4 Å². The van der Waals surface area contributed by atoms with Crippen LogP contribution < -0.4 is 4.74 Å². The van der Waals surface area contributed by atoms with Gasteiger partial charge in [-0.15, -0.1) is 0 Å². The third-order valence-electron chi connectivity index (χ3n) is 2.87. The second-order valence-corrected chi connectivity index (χ2v) is 4.67. The van der Waals surface area contributed by atoms with Crippen LogP contribution in [0.4, 0.5) is 0 Å². The topological polar surface area (TPSA) is 59.0 Å². The molecule has 0 saturated heterocycles. The van der Waals surface area contributed by atoms with Crippen molar-refractivity contribution in [1.29, 1.82) is 0 Å². The zero-order chi connectivity index (χ0) is 15.0. The van der Waals surface area contributed by atoms with Gasteiger partial charge in [-0.05, 0) is 18.2 Å². The molecule has 20 heavy (non-hydrogen) atoms. The van der Waals surface area contributed by atoms with Crippen molar-refractivity contribution in [3.8, 4) is 5.75 Å². The second-order valence-electron chi connectivity index (χ2n) is 4.23. The van der Waals surface area contributed by atoms with E-state index in [1.54, 1.807) is 37.3 Å². The zero-order valence-corrected chi connectivity index (χ0v) is 12.5. The molecule has 6 heteroatoms. The molecule has 0 aromatic heterocycles. The Bertz CT molecular complexity index is 439. The molecule has 1 amide bonds. The van der Waals surface area contributed by atoms with E-state index < -0.39 is 0 Å². The van der Waals surface area contributed by atoms with Crippen molar-refractivity contribution in [2.75, 3.05) is 40.5 Å². The summed E-state index contributed by atoms with van der Waals surface area (Å²) in [6, 6.07) is 5.16. The molecule has 0 heterocycles. The largest absolute Gasteiger partial charge is 0.496 e. The Kier molecular flexibility index (Phi) is 7.36. The normalized spacial score (nSPS) is 10.4. The molecule has 0 spiro atoms. The SMILES string of the molecule is COCCN(CCO)C(=O)Cc1cc(Cl)ccc1OC. The number of carbonyl (C=O) groups is 1. The van der Waals surface area contributed by atoms with Gasteiger partial charge in [0, 0.05) is 30.8 Å². The van der Waals surface area contributed by atoms with Crippen LogP contribution in [0.15, 0.2) is 18.2 Å². The standard InChI is InChI=1S/C14H20ClNO4/c1-19-8-6-16(5-7-17)14(18)10-11-9-12(15)3-4-13(11)20-2/h3-4,9,17H,5-8,10H2,1-2H3. The zero-order valence-electron chi connectivity index (χ0n) is 11.8. The highest BCUT2D eigenvalue weighted by molar-refractivity contribution is 6.30. The smallest absolute Gasteiger partial charge is 0.227 e. The van der Waals surface area contributed by atoms with Gasteiger partial charge in [0.15, 0.2) is 0 Å². The molecule has 1 aromatic carbocycles. The molecule has 0 aliphatic rings. The number of amides is 1. The first-order chi connectivity index (χ1) is 9.62. The molecule has 1 N–H and O–H groups in total. The Balaban J connectivity index is 2.78. The summed E-state index contributed by atoms with van der Waals surface area (Å²) in [6.45, 7) is 1.07. The first-order valence-electron chi connectivity index (χ1n) is 6.32. The minimum Gasteiger partial charge on any atom is -0.496 e. The fraction of sp³-hybridized carbons (Fsp3) is 0.500. The van der Waals surface area contributed by atoms with Crippen molar-refractivity contribution in [2.45, 2.75) is 6.42 Å². The average molecular weight is 302 g/mol. The highest BCUT2D eigenvalue weighted by Gasteiger charge is 2.16. The highest BCUT2D eigenvalue weighted by atomic mass is 35.5. The summed E-state index contributed by atoms with van der Waals surface area (Å²) < 4.78 is 10.2. The van der Waals surface area contributed by atoms with Crippen LogP contribution in [0.25, 0.3) is 0 Å². The van der Waals surface area contributed by atoms with Gasteiger partial charge >= 0.3 is 0 Å². The van der Waals surface area contributed by atoms with Crippen molar-refractivity contribution in [1.82, 2.24) is 4.90 Å². The molecule has 0 aliphatic heterocycles. The number of hydrogen-bond acceptors (Lipinski definition) is 4. The lowest BCUT2D eigenvalue weighted by molar-refractivity contribution is -0.131. The molecule has 0 atom stereocenters. The summed E-state index contributed by atoms with van der Waals surface area (Å²) in [5.74, 6) is 0.523. The first kappa shape index (κ1) is 16.8. The van der Waals surface area contributed by atoms with E-state index in [0.29, 0.717) is 23.9 Å². The molecular formula is C14H20ClNO4. The van der Waals surface area contributed by atoms with Crippen molar-refractivity contribution in [2.24, 2.45) is 0 Å². The number of benzene rings is 1. The maximum Gasteiger partial charge on any atom is 0.227 e. The van der Waals surface area contributed by atoms with Crippen LogP contribution in [-0.4, -0.2) is 56.4 Å². The highest BCUT2D eigenvalue weighted by Crippen LogP contribution is 2.23. The molecule has 0 bridgehead atoms. The predicted molar refractivity (Wildman–Crippen MR) is 77.2 cm³/mol. The predicted octanol–water partition coefficient (Wildman–Crippen LogP) is 1.36. The van der Waals surface area contributed by atoms with Crippen molar-refractivity contribution >= 4 is 17.5 Å². The van der Waals surface area contributed by atoms with Crippen LogP contribution >= 0.6 is 11.6 Å². The number of carbonyl (C=O) groups excluding carboxylic acids is 1. The van der Waals surface area contributed by atoms with E-state index in [-0.39, 0.29) is 25.5 Å². The molecule has 0 saturated carbocycles. The van der Waals surface area contributed by atoms with Gasteiger partial charge < -0.3 is 19.5 Å². The van der Waals surface area contributed by atoms with E-state index >= 15 is 0 Å². The van der Waals surface area contributed by atoms with E-state index in [0.717, 1.165) is 5.56 Å². The Labute approximate surface area is 124 Å². The van der Waals surface area contributed by atoms with E-state index in [1.165, 1.54) is 0 Å². The van der Waals surface area contributed by atoms with E-state index in [2.05, 4.69) is 0 Å². The third kappa shape index (κ3) is 5.00. The number of halogens is 1. The van der Waals surface area contributed by atoms with Gasteiger partial charge in [0.2, 0.25) is 5.91 Å². The van der Waals surface area contributed by atoms with Crippen LogP contribution in [0.1, 0.15) is 5.56 Å². The number of hydrogen-bond donors (Lipinski definition) is 1. The van der Waals surface area contributed by atoms with Crippen LogP contribution in [0.2, 0.25) is 5.02 Å². The molecule has 0 unspecified atom stereocenters. The average Bonchev–Trinajstić information content (AvgIpc) is 2.43. The number of ether oxygens (including phenoxy) is 2. The van der Waals surface area contributed by atoms with Gasteiger partial charge in [0.05, 0.1) is 26.7 Å². The number of methoxy groups -OCH3 is 2. The van der Waals surface area contributed by atoms with Crippen LogP contribution in [0, 0.1) is 0 Å². The summed E-state index contributed by atoms with van der Waals surface area (Å²) in [7, 11) is 3.12. The maximum absolute atomic E-state index is 12.2. The summed E-state index contributed by atoms with van der Waals surface area (Å²) in [4.78, 5) is 13.8. The molecular weight excluding hydrogens is 282 g/mol. The van der Waals surface area contributed by atoms with Gasteiger partial charge in [0.25, 0.3) is 0 Å². The number of rotatable bonds is 8. The Morgan fingerprint density at radius 3 is 2.70 bits per heavy atom. The van der Waals surface area contributed by atoms with E-state index in [4.69, 9.17) is 26.2 Å². The minimum atomic E-state index is -0.100. The molecule has 1 aromatic rings. The second kappa shape index (κ2) is 8.79. The summed E-state index contributed by atoms with van der Waals surface area (Å²) in [5.41, 5.74) is 0.727. The maximum atomic E-state index is 12.2. The lowest BCUT2D eigenvalue weighted by Crippen LogP contribution is -2.37. The van der Waals surface area contributed by atoms with Crippen molar-refractivity contribution in [3.05, 3.63) is 28.8 Å². The Hall–Kier alpha value is -1.30. The van der Waals surface area contributed by atoms with Gasteiger partial charge in [-0.3, -0.25) is 4.79 Å². The quantitative estimate of drug-likeness (QED) is 0.787. The Morgan fingerprint density at radius 1 is 1.35 bits per heavy atom. The summed E-state index contributed by atoms with van der Waals surface area (Å²) in [5, 5.41) is 9.57. The van der Waals surface area contributed by atoms with Gasteiger partial charge in [-0.1, -0.05) is 11.6 Å². The Morgan fingerprint density at radius 2 is 2.10 bits per heavy atom. The van der Waals surface area contributed by atoms with E-state index in [9.17, 15) is 4.79 Å². The molecule has 112 valence electrons. The number of aliphatic hydroxyl groups is 1. The third-order valence-corrected chi connectivity index (χ3v) is 3.11. The molecule has 0 aliphatic carbocycles.